The third kappa shape index (κ3) is 2.28. The molecule has 1 aromatic rings. The second-order valence-corrected chi connectivity index (χ2v) is 2.77. The van der Waals surface area contributed by atoms with E-state index < -0.39 is 12.0 Å². The van der Waals surface area contributed by atoms with Crippen molar-refractivity contribution in [3.05, 3.63) is 35.9 Å². The largest absolute Gasteiger partial charge is 0.395 e. The van der Waals surface area contributed by atoms with Crippen molar-refractivity contribution in [1.29, 1.82) is 5.26 Å². The van der Waals surface area contributed by atoms with E-state index in [2.05, 4.69) is 0 Å². The van der Waals surface area contributed by atoms with Crippen molar-refractivity contribution in [2.75, 3.05) is 6.61 Å². The molecule has 0 saturated heterocycles. The number of hydrogen-bond acceptors (Lipinski definition) is 3. The normalized spacial score (nSPS) is 14.5. The van der Waals surface area contributed by atoms with Crippen LogP contribution in [-0.4, -0.2) is 16.8 Å². The molecule has 0 amide bonds. The maximum Gasteiger partial charge on any atom is 0.0994 e. The number of nitrogens with zero attached hydrogens (tertiary/aromatic N) is 1. The van der Waals surface area contributed by atoms with Gasteiger partial charge >= 0.3 is 0 Å². The molecule has 1 aromatic carbocycles. The predicted molar refractivity (Wildman–Crippen MR) is 47.6 cm³/mol. The monoisotopic (exact) mass is 177 g/mol. The number of hydrogen-bond donors (Lipinski definition) is 2. The molecule has 0 heterocycles. The molecular weight excluding hydrogens is 166 g/mol. The first-order valence-electron chi connectivity index (χ1n) is 4.03. The lowest BCUT2D eigenvalue weighted by Crippen LogP contribution is -2.14. The minimum Gasteiger partial charge on any atom is -0.395 e. The van der Waals surface area contributed by atoms with Crippen molar-refractivity contribution in [3.8, 4) is 6.07 Å². The van der Waals surface area contributed by atoms with Crippen LogP contribution in [0.1, 0.15) is 11.7 Å². The lowest BCUT2D eigenvalue weighted by molar-refractivity contribution is 0.0956. The lowest BCUT2D eigenvalue weighted by atomic mass is 9.98. The van der Waals surface area contributed by atoms with Crippen LogP contribution in [0.2, 0.25) is 0 Å². The molecule has 0 aromatic heterocycles. The summed E-state index contributed by atoms with van der Waals surface area (Å²) in [7, 11) is 0. The first-order valence-corrected chi connectivity index (χ1v) is 4.03. The predicted octanol–water partition coefficient (Wildman–Crippen LogP) is 0.852. The van der Waals surface area contributed by atoms with Gasteiger partial charge in [0.05, 0.1) is 24.7 Å². The molecule has 2 N–H and O–H groups in total. The molecule has 0 aliphatic rings. The van der Waals surface area contributed by atoms with Crippen LogP contribution in [0.5, 0.6) is 0 Å². The molecule has 3 heteroatoms. The van der Waals surface area contributed by atoms with E-state index in [9.17, 15) is 5.11 Å². The molecule has 0 aliphatic carbocycles. The summed E-state index contributed by atoms with van der Waals surface area (Å²) in [6.45, 7) is -0.327. The molecular formula is C10H11NO2. The van der Waals surface area contributed by atoms with Crippen molar-refractivity contribution in [3.63, 3.8) is 0 Å². The van der Waals surface area contributed by atoms with Crippen molar-refractivity contribution in [2.45, 2.75) is 6.10 Å². The van der Waals surface area contributed by atoms with Gasteiger partial charge in [-0.3, -0.25) is 0 Å². The van der Waals surface area contributed by atoms with Gasteiger partial charge in [0.25, 0.3) is 0 Å². The Morgan fingerprint density at radius 3 is 2.38 bits per heavy atom. The Kier molecular flexibility index (Phi) is 3.44. The molecule has 0 saturated carbocycles. The van der Waals surface area contributed by atoms with E-state index in [0.29, 0.717) is 5.56 Å². The fourth-order valence-electron chi connectivity index (χ4n) is 1.09. The van der Waals surface area contributed by atoms with Crippen LogP contribution in [-0.2, 0) is 0 Å². The van der Waals surface area contributed by atoms with Crippen LogP contribution in [0.15, 0.2) is 30.3 Å². The second kappa shape index (κ2) is 4.61. The minimum atomic E-state index is -0.906. The van der Waals surface area contributed by atoms with E-state index in [0.717, 1.165) is 0 Å². The zero-order valence-electron chi connectivity index (χ0n) is 7.09. The first-order chi connectivity index (χ1) is 6.29. The molecule has 0 bridgehead atoms. The van der Waals surface area contributed by atoms with Gasteiger partial charge in [-0.2, -0.15) is 5.26 Å². The first kappa shape index (κ1) is 9.72. The zero-order valence-corrected chi connectivity index (χ0v) is 7.09. The highest BCUT2D eigenvalue weighted by Gasteiger charge is 2.18. The molecule has 13 heavy (non-hydrogen) atoms. The van der Waals surface area contributed by atoms with Crippen LogP contribution in [0.25, 0.3) is 0 Å². The van der Waals surface area contributed by atoms with Crippen molar-refractivity contribution in [2.24, 2.45) is 5.92 Å². The van der Waals surface area contributed by atoms with Crippen LogP contribution in [0, 0.1) is 17.2 Å². The number of aliphatic hydroxyl groups excluding tert-OH is 2. The maximum absolute atomic E-state index is 9.60. The Hall–Kier alpha value is -1.37. The molecule has 2 unspecified atom stereocenters. The van der Waals surface area contributed by atoms with Gasteiger partial charge < -0.3 is 10.2 Å². The Morgan fingerprint density at radius 1 is 1.31 bits per heavy atom. The van der Waals surface area contributed by atoms with Gasteiger partial charge in [0.1, 0.15) is 0 Å². The summed E-state index contributed by atoms with van der Waals surface area (Å²) in [5.74, 6) is -0.748. The van der Waals surface area contributed by atoms with Crippen molar-refractivity contribution < 1.29 is 10.2 Å². The Morgan fingerprint density at radius 2 is 1.92 bits per heavy atom. The summed E-state index contributed by atoms with van der Waals surface area (Å²) in [4.78, 5) is 0. The molecule has 2 atom stereocenters. The Balaban J connectivity index is 2.79. The summed E-state index contributed by atoms with van der Waals surface area (Å²) >= 11 is 0. The van der Waals surface area contributed by atoms with Gasteiger partial charge in [0.2, 0.25) is 0 Å². The maximum atomic E-state index is 9.60. The quantitative estimate of drug-likeness (QED) is 0.719. The molecule has 0 fully saturated rings. The van der Waals surface area contributed by atoms with Gasteiger partial charge in [-0.1, -0.05) is 30.3 Å². The zero-order chi connectivity index (χ0) is 9.68. The van der Waals surface area contributed by atoms with E-state index >= 15 is 0 Å². The molecule has 3 nitrogen and oxygen atoms in total. The standard InChI is InChI=1S/C10H11NO2/c11-6-9(7-12)10(13)8-4-2-1-3-5-8/h1-5,9-10,12-13H,7H2. The molecule has 0 spiro atoms. The number of nitriles is 1. The smallest absolute Gasteiger partial charge is 0.0994 e. The van der Waals surface area contributed by atoms with Crippen LogP contribution in [0.4, 0.5) is 0 Å². The van der Waals surface area contributed by atoms with Gasteiger partial charge in [-0.25, -0.2) is 0 Å². The number of rotatable bonds is 3. The molecule has 68 valence electrons. The summed E-state index contributed by atoms with van der Waals surface area (Å²) in [6.07, 6.45) is -0.906. The fourth-order valence-corrected chi connectivity index (χ4v) is 1.09. The van der Waals surface area contributed by atoms with E-state index in [1.807, 2.05) is 12.1 Å². The number of benzene rings is 1. The Bertz CT molecular complexity index is 292. The van der Waals surface area contributed by atoms with E-state index in [1.54, 1.807) is 24.3 Å². The average Bonchev–Trinajstić information content (AvgIpc) is 2.21. The van der Waals surface area contributed by atoms with E-state index in [1.165, 1.54) is 0 Å². The fraction of sp³-hybridized carbons (Fsp3) is 0.300. The SMILES string of the molecule is N#CC(CO)C(O)c1ccccc1. The summed E-state index contributed by atoms with van der Waals surface area (Å²) in [6, 6.07) is 10.7. The third-order valence-corrected chi connectivity index (χ3v) is 1.88. The van der Waals surface area contributed by atoms with Crippen LogP contribution >= 0.6 is 0 Å². The van der Waals surface area contributed by atoms with Gasteiger partial charge in [-0.15, -0.1) is 0 Å². The highest BCUT2D eigenvalue weighted by Crippen LogP contribution is 2.20. The average molecular weight is 177 g/mol. The van der Waals surface area contributed by atoms with Gasteiger partial charge in [-0.05, 0) is 5.56 Å². The van der Waals surface area contributed by atoms with E-state index in [-0.39, 0.29) is 6.61 Å². The summed E-state index contributed by atoms with van der Waals surface area (Å²) < 4.78 is 0. The molecule has 0 radical (unpaired) electrons. The number of aliphatic hydroxyl groups is 2. The van der Waals surface area contributed by atoms with Crippen LogP contribution < -0.4 is 0 Å². The van der Waals surface area contributed by atoms with Crippen molar-refractivity contribution in [1.82, 2.24) is 0 Å². The summed E-state index contributed by atoms with van der Waals surface area (Å²) in [5, 5.41) is 27.0. The van der Waals surface area contributed by atoms with E-state index in [4.69, 9.17) is 10.4 Å². The topological polar surface area (TPSA) is 64.2 Å². The minimum absolute atomic E-state index is 0.327. The molecule has 0 aliphatic heterocycles. The Labute approximate surface area is 76.9 Å². The lowest BCUT2D eigenvalue weighted by Gasteiger charge is -2.13. The highest BCUT2D eigenvalue weighted by molar-refractivity contribution is 5.19. The molecule has 1 rings (SSSR count). The van der Waals surface area contributed by atoms with Crippen LogP contribution in [0.3, 0.4) is 0 Å². The van der Waals surface area contributed by atoms with Gasteiger partial charge in [0.15, 0.2) is 0 Å². The summed E-state index contributed by atoms with van der Waals surface area (Å²) in [5.41, 5.74) is 0.656. The van der Waals surface area contributed by atoms with Gasteiger partial charge in [0, 0.05) is 0 Å². The second-order valence-electron chi connectivity index (χ2n) is 2.77. The third-order valence-electron chi connectivity index (χ3n) is 1.88. The van der Waals surface area contributed by atoms with Crippen molar-refractivity contribution >= 4 is 0 Å². The highest BCUT2D eigenvalue weighted by atomic mass is 16.3.